The van der Waals surface area contributed by atoms with Crippen LogP contribution in [0.15, 0.2) is 195 Å². The summed E-state index contributed by atoms with van der Waals surface area (Å²) in [7, 11) is 1.87. The molecule has 0 radical (unpaired) electrons. The molecule has 111 heavy (non-hydrogen) atoms. The maximum atomic E-state index is 13.6. The second-order valence-corrected chi connectivity index (χ2v) is 26.3. The summed E-state index contributed by atoms with van der Waals surface area (Å²) in [6.45, 7) is 14.3. The number of hydrogen-bond acceptors (Lipinski definition) is 23. The molecule has 2 aliphatic heterocycles. The molecule has 2 aromatic carbocycles. The number of aliphatic hydroxyl groups excluding tert-OH is 2. The molecule has 13 rings (SSSR count). The van der Waals surface area contributed by atoms with Crippen LogP contribution in [0.1, 0.15) is 125 Å². The first-order valence-electron chi connectivity index (χ1n) is 35.7. The lowest BCUT2D eigenvalue weighted by molar-refractivity contribution is -0.138. The van der Waals surface area contributed by atoms with Crippen LogP contribution in [0.2, 0.25) is 0 Å². The third-order valence-electron chi connectivity index (χ3n) is 17.9. The third kappa shape index (κ3) is 21.4. The van der Waals surface area contributed by atoms with Crippen molar-refractivity contribution in [3.63, 3.8) is 0 Å². The number of halogens is 6. The van der Waals surface area contributed by atoms with Gasteiger partial charge in [-0.25, -0.2) is 29.9 Å². The van der Waals surface area contributed by atoms with E-state index in [1.165, 1.54) is 36.7 Å². The lowest BCUT2D eigenvalue weighted by atomic mass is 9.98. The molecule has 30 heteroatoms. The number of carbonyl (C=O) groups is 4. The van der Waals surface area contributed by atoms with Gasteiger partial charge in [0.1, 0.15) is 57.7 Å². The number of nitrogens with two attached hydrogens (primary N) is 2. The molecule has 9 aromatic heterocycles. The van der Waals surface area contributed by atoms with Crippen LogP contribution in [0.25, 0.3) is 22.3 Å². The van der Waals surface area contributed by atoms with Gasteiger partial charge in [-0.2, -0.15) is 31.4 Å². The Balaban J connectivity index is 0.000000158. The minimum atomic E-state index is -4.74. The number of aryl methyl sites for hydroxylation is 3. The maximum absolute atomic E-state index is 13.6. The van der Waals surface area contributed by atoms with E-state index in [4.69, 9.17) is 26.5 Å². The van der Waals surface area contributed by atoms with Crippen LogP contribution in [-0.4, -0.2) is 155 Å². The highest BCUT2D eigenvalue weighted by Gasteiger charge is 2.39. The monoisotopic (exact) mass is 1520 g/mol. The van der Waals surface area contributed by atoms with Gasteiger partial charge in [-0.15, -0.1) is 0 Å². The van der Waals surface area contributed by atoms with E-state index in [0.717, 1.165) is 110 Å². The number of rotatable bonds is 22. The van der Waals surface area contributed by atoms with Gasteiger partial charge in [-0.1, -0.05) is 74.5 Å². The van der Waals surface area contributed by atoms with E-state index in [2.05, 4.69) is 79.9 Å². The van der Waals surface area contributed by atoms with Crippen LogP contribution in [0.5, 0.6) is 0 Å². The minimum Gasteiger partial charge on any atom is -0.396 e. The molecule has 0 amide bonds. The fourth-order valence-electron chi connectivity index (χ4n) is 12.3. The molecular weight excluding hydrogens is 1430 g/mol. The summed E-state index contributed by atoms with van der Waals surface area (Å²) in [6, 6.07) is 43.4. The maximum Gasteiger partial charge on any atom is 0.418 e. The molecule has 11 heterocycles. The molecule has 10 N–H and O–H groups in total. The lowest BCUT2D eigenvalue weighted by Gasteiger charge is -2.35. The van der Waals surface area contributed by atoms with Gasteiger partial charge in [0.05, 0.1) is 34.6 Å². The number of pyridine rings is 8. The fraction of sp³-hybridized carbons (Fsp3) is 0.272. The number of nitrogens with zero attached hydrogens (tertiary/aromatic N) is 12. The van der Waals surface area contributed by atoms with Crippen LogP contribution in [0, 0.1) is 19.8 Å². The molecule has 2 fully saturated rings. The van der Waals surface area contributed by atoms with Gasteiger partial charge in [0.15, 0.2) is 0 Å². The van der Waals surface area contributed by atoms with Crippen molar-refractivity contribution in [2.75, 3.05) is 97.4 Å². The van der Waals surface area contributed by atoms with Crippen LogP contribution >= 0.6 is 0 Å². The average molecular weight is 1520 g/mol. The predicted molar refractivity (Wildman–Crippen MR) is 412 cm³/mol. The van der Waals surface area contributed by atoms with Crippen molar-refractivity contribution in [1.29, 1.82) is 0 Å². The van der Waals surface area contributed by atoms with E-state index < -0.39 is 52.5 Å². The van der Waals surface area contributed by atoms with Gasteiger partial charge in [-0.05, 0) is 141 Å². The van der Waals surface area contributed by atoms with Crippen molar-refractivity contribution in [2.45, 2.75) is 65.0 Å². The third-order valence-corrected chi connectivity index (χ3v) is 17.9. The van der Waals surface area contributed by atoms with Crippen molar-refractivity contribution in [2.24, 2.45) is 13.0 Å². The molecule has 24 nitrogen and oxygen atoms in total. The van der Waals surface area contributed by atoms with Crippen molar-refractivity contribution < 1.29 is 55.7 Å². The van der Waals surface area contributed by atoms with Crippen molar-refractivity contribution in [1.82, 2.24) is 60.3 Å². The Kier molecular flexibility index (Phi) is 27.6. The normalized spacial score (nSPS) is 13.8. The number of aromatic nitrogens is 10. The van der Waals surface area contributed by atoms with Gasteiger partial charge >= 0.3 is 12.4 Å². The number of nitrogens with one attached hydrogen (secondary N) is 4. The minimum absolute atomic E-state index is 0.0158. The quantitative estimate of drug-likeness (QED) is 0.0177. The largest absolute Gasteiger partial charge is 0.418 e. The average Bonchev–Trinajstić information content (AvgIpc) is 0.923. The molecule has 576 valence electrons. The highest BCUT2D eigenvalue weighted by Crippen LogP contribution is 2.37. The van der Waals surface area contributed by atoms with Crippen LogP contribution in [0.3, 0.4) is 0 Å². The summed E-state index contributed by atoms with van der Waals surface area (Å²) < 4.78 is 81.5. The van der Waals surface area contributed by atoms with Crippen LogP contribution < -0.4 is 42.5 Å². The number of hydrogen-bond donors (Lipinski definition) is 8. The number of anilines is 6. The zero-order chi connectivity index (χ0) is 79.4. The Hall–Kier alpha value is -12.3. The summed E-state index contributed by atoms with van der Waals surface area (Å²) in [5, 5.41) is 35.7. The second-order valence-electron chi connectivity index (χ2n) is 26.3. The Morgan fingerprint density at radius 1 is 0.550 bits per heavy atom. The van der Waals surface area contributed by atoms with Crippen LogP contribution in [0.4, 0.5) is 61.2 Å². The molecule has 2 saturated heterocycles. The molecule has 0 aliphatic carbocycles. The van der Waals surface area contributed by atoms with E-state index in [9.17, 15) is 50.6 Å². The number of carbonyl (C=O) groups excluding carboxylic acids is 4. The highest BCUT2D eigenvalue weighted by atomic mass is 19.4. The van der Waals surface area contributed by atoms with Gasteiger partial charge in [0.2, 0.25) is 23.1 Å². The smallest absolute Gasteiger partial charge is 0.396 e. The molecule has 0 unspecified atom stereocenters. The second kappa shape index (κ2) is 37.7. The Morgan fingerprint density at radius 2 is 1.02 bits per heavy atom. The molecule has 0 spiro atoms. The van der Waals surface area contributed by atoms with E-state index in [-0.39, 0.29) is 59.1 Å². The summed E-state index contributed by atoms with van der Waals surface area (Å²) in [4.78, 5) is 89.9. The van der Waals surface area contributed by atoms with Crippen molar-refractivity contribution in [3.05, 3.63) is 268 Å². The molecule has 0 saturated carbocycles. The summed E-state index contributed by atoms with van der Waals surface area (Å²) >= 11 is 0. The summed E-state index contributed by atoms with van der Waals surface area (Å²) in [5.41, 5.74) is 14.5. The number of alkyl halides is 6. The summed E-state index contributed by atoms with van der Waals surface area (Å²) in [6.07, 6.45) is 0.883. The molecule has 2 atom stereocenters. The molecular formula is C81H84F6N18O6. The van der Waals surface area contributed by atoms with Gasteiger partial charge in [0.25, 0.3) is 0 Å². The van der Waals surface area contributed by atoms with Gasteiger partial charge in [-0.3, -0.25) is 33.8 Å². The lowest BCUT2D eigenvalue weighted by Crippen LogP contribution is -2.51. The standard InChI is InChI=1S/C24H30N6O.C21H18F3N3O2.C21H21N5O.C15H15F3N4O2/c1-16(2)12-19-15-30(11-10-26-19)22-8-7-21(18-13-27-29(4)14-18)23(28-22)24(31)20-6-5-9-25-17(20)3;1-13-15(8-5-11-25-13)20(29)19-16(21(22,23)24)9-10-18(27-19)26-12-17(28)14-6-3-2-4-7-14;22-21-17(7-4-10-24-21)20(27)19-16(15-5-2-1-3-6-15)8-9-18(25-19)26-13-11-23-12-14-26;16-15(17,18)10-4-5-11(20-7-2-8-23)22-12(10)13(24)9-3-1-6-21-14(9)19/h5-9,13-14,16,19,26H,10-12,15H2,1-4H3;2-11,17,28H,12H2,1H3,(H,26,27);1-10,23H,11-14H2,(H2,22,24);1,3-6,23H,2,7-8H2,(H2,19,21)(H,20,22)/t19-;17-;;/m01../s1. The molecule has 0 bridgehead atoms. The van der Waals surface area contributed by atoms with Crippen molar-refractivity contribution in [3.8, 4) is 22.3 Å². The Labute approximate surface area is 636 Å². The topological polar surface area (TPSA) is 336 Å². The SMILES string of the molecule is Cc1ncccc1C(=O)c1nc(N2CCN[C@@H](CC(C)C)C2)ccc1-c1cnn(C)c1.Cc1ncccc1C(=O)c1nc(NC[C@@H](O)c2ccccc2)ccc1C(F)(F)F.Nc1ncccc1C(=O)c1nc(N2CCNCC2)ccc1-c1ccccc1.Nc1ncccc1C(=O)c1nc(NCCCO)ccc1C(F)(F)F. The van der Waals surface area contributed by atoms with Gasteiger partial charge < -0.3 is 52.7 Å². The first-order valence-corrected chi connectivity index (χ1v) is 35.7. The summed E-state index contributed by atoms with van der Waals surface area (Å²) in [5.74, 6) is 0.330. The number of nitrogen functional groups attached to an aromatic ring is 2. The number of piperazine rings is 2. The number of aliphatic hydroxyl groups is 2. The molecule has 2 aliphatic rings. The zero-order valence-corrected chi connectivity index (χ0v) is 61.5. The first kappa shape index (κ1) is 81.3. The van der Waals surface area contributed by atoms with Gasteiger partial charge in [0, 0.05) is 149 Å². The van der Waals surface area contributed by atoms with Crippen molar-refractivity contribution >= 4 is 58.0 Å². The Morgan fingerprint density at radius 3 is 1.51 bits per heavy atom. The fourth-order valence-corrected chi connectivity index (χ4v) is 12.3. The highest BCUT2D eigenvalue weighted by molar-refractivity contribution is 6.15. The van der Waals surface area contributed by atoms with E-state index in [1.54, 1.807) is 78.7 Å². The Bertz CT molecular complexity index is 5010. The molecule has 11 aromatic rings. The number of ketones is 4. The van der Waals surface area contributed by atoms with Crippen LogP contribution in [-0.2, 0) is 19.4 Å². The number of benzene rings is 2. The van der Waals surface area contributed by atoms with E-state index in [0.29, 0.717) is 64.4 Å². The zero-order valence-electron chi connectivity index (χ0n) is 61.5. The predicted octanol–water partition coefficient (Wildman–Crippen LogP) is 11.9. The first-order chi connectivity index (χ1) is 53.3. The van der Waals surface area contributed by atoms with E-state index >= 15 is 0 Å². The van der Waals surface area contributed by atoms with E-state index in [1.807, 2.05) is 80.8 Å².